The molecule has 1 saturated carbocycles. The van der Waals surface area contributed by atoms with Gasteiger partial charge in [-0.25, -0.2) is 9.97 Å². The number of rotatable bonds is 4. The summed E-state index contributed by atoms with van der Waals surface area (Å²) < 4.78 is 0. The summed E-state index contributed by atoms with van der Waals surface area (Å²) in [6.45, 7) is 4.43. The molecular formula is C21H28N6. The number of anilines is 2. The van der Waals surface area contributed by atoms with E-state index in [-0.39, 0.29) is 0 Å². The number of aromatic nitrogens is 4. The molecule has 0 N–H and O–H groups in total. The third-order valence-corrected chi connectivity index (χ3v) is 6.34. The highest BCUT2D eigenvalue weighted by Crippen LogP contribution is 2.35. The third kappa shape index (κ3) is 3.49. The minimum Gasteiger partial charge on any atom is -0.355 e. The first-order chi connectivity index (χ1) is 13.3. The molecule has 1 unspecified atom stereocenters. The molecule has 1 atom stereocenters. The van der Waals surface area contributed by atoms with Crippen LogP contribution in [0, 0.1) is 5.92 Å². The second-order valence-corrected chi connectivity index (χ2v) is 8.45. The molecule has 0 radical (unpaired) electrons. The van der Waals surface area contributed by atoms with Crippen molar-refractivity contribution in [3.63, 3.8) is 0 Å². The maximum absolute atomic E-state index is 4.56. The number of nitrogens with zero attached hydrogens (tertiary/aromatic N) is 6. The van der Waals surface area contributed by atoms with Gasteiger partial charge >= 0.3 is 0 Å². The monoisotopic (exact) mass is 364 g/mol. The first kappa shape index (κ1) is 16.9. The molecule has 142 valence electrons. The molecule has 27 heavy (non-hydrogen) atoms. The van der Waals surface area contributed by atoms with E-state index in [2.05, 4.69) is 49.0 Å². The number of hydrogen-bond donors (Lipinski definition) is 0. The SMILES string of the molecule is CC1CCc2nnc(N3CCC(N(c4ccncn4)C4CC4)CC3)cc2C1. The van der Waals surface area contributed by atoms with Gasteiger partial charge in [-0.3, -0.25) is 0 Å². The van der Waals surface area contributed by atoms with Crippen LogP contribution in [0.5, 0.6) is 0 Å². The Kier molecular flexibility index (Phi) is 4.42. The van der Waals surface area contributed by atoms with Crippen LogP contribution in [0.15, 0.2) is 24.7 Å². The van der Waals surface area contributed by atoms with Crippen LogP contribution in [0.4, 0.5) is 11.6 Å². The quantitative estimate of drug-likeness (QED) is 0.831. The van der Waals surface area contributed by atoms with E-state index in [9.17, 15) is 0 Å². The van der Waals surface area contributed by atoms with Crippen LogP contribution in [0.1, 0.15) is 50.3 Å². The Morgan fingerprint density at radius 1 is 1.04 bits per heavy atom. The lowest BCUT2D eigenvalue weighted by Gasteiger charge is -2.39. The zero-order chi connectivity index (χ0) is 18.2. The molecule has 6 heteroatoms. The van der Waals surface area contributed by atoms with Gasteiger partial charge < -0.3 is 9.80 Å². The second-order valence-electron chi connectivity index (χ2n) is 8.45. The smallest absolute Gasteiger partial charge is 0.151 e. The van der Waals surface area contributed by atoms with E-state index in [1.807, 2.05) is 6.20 Å². The van der Waals surface area contributed by atoms with Crippen molar-refractivity contribution in [1.82, 2.24) is 20.2 Å². The Morgan fingerprint density at radius 3 is 2.59 bits per heavy atom. The van der Waals surface area contributed by atoms with Crippen LogP contribution in [-0.4, -0.2) is 45.3 Å². The predicted molar refractivity (Wildman–Crippen MR) is 106 cm³/mol. The van der Waals surface area contributed by atoms with Gasteiger partial charge in [0.15, 0.2) is 5.82 Å². The zero-order valence-corrected chi connectivity index (χ0v) is 16.1. The van der Waals surface area contributed by atoms with Gasteiger partial charge in [-0.05, 0) is 68.6 Å². The maximum atomic E-state index is 4.56. The minimum absolute atomic E-state index is 0.564. The molecule has 1 saturated heterocycles. The first-order valence-corrected chi connectivity index (χ1v) is 10.4. The first-order valence-electron chi connectivity index (χ1n) is 10.4. The van der Waals surface area contributed by atoms with Gasteiger partial charge in [0.2, 0.25) is 0 Å². The average Bonchev–Trinajstić information content (AvgIpc) is 3.54. The molecule has 2 fully saturated rings. The lowest BCUT2D eigenvalue weighted by atomic mass is 9.88. The molecule has 3 aliphatic rings. The van der Waals surface area contributed by atoms with E-state index in [1.54, 1.807) is 6.33 Å². The van der Waals surface area contributed by atoms with Crippen molar-refractivity contribution in [3.05, 3.63) is 35.9 Å². The normalized spacial score (nSPS) is 23.1. The van der Waals surface area contributed by atoms with E-state index in [4.69, 9.17) is 0 Å². The van der Waals surface area contributed by atoms with Gasteiger partial charge in [0, 0.05) is 31.4 Å². The van der Waals surface area contributed by atoms with Crippen LogP contribution in [0.3, 0.4) is 0 Å². The lowest BCUT2D eigenvalue weighted by molar-refractivity contribution is 0.454. The molecule has 6 nitrogen and oxygen atoms in total. The van der Waals surface area contributed by atoms with E-state index in [1.165, 1.54) is 30.5 Å². The van der Waals surface area contributed by atoms with Crippen LogP contribution < -0.4 is 9.80 Å². The highest BCUT2D eigenvalue weighted by atomic mass is 15.3. The number of piperidine rings is 1. The van der Waals surface area contributed by atoms with Crippen molar-refractivity contribution in [2.45, 2.75) is 64.0 Å². The summed E-state index contributed by atoms with van der Waals surface area (Å²) >= 11 is 0. The van der Waals surface area contributed by atoms with Crippen molar-refractivity contribution >= 4 is 11.6 Å². The van der Waals surface area contributed by atoms with E-state index >= 15 is 0 Å². The standard InChI is InChI=1S/C21H28N6/c1-15-2-5-19-16(12-15)13-21(25-24-19)26-10-7-18(8-11-26)27(17-3-4-17)20-6-9-22-14-23-20/h6,9,13-15,17-18H,2-5,7-8,10-12H2,1H3. The van der Waals surface area contributed by atoms with Crippen LogP contribution in [0.25, 0.3) is 0 Å². The molecule has 2 aromatic rings. The fraction of sp³-hybridized carbons (Fsp3) is 0.619. The largest absolute Gasteiger partial charge is 0.355 e. The predicted octanol–water partition coefficient (Wildman–Crippen LogP) is 3.03. The molecule has 0 spiro atoms. The molecule has 0 amide bonds. The second kappa shape index (κ2) is 7.06. The lowest BCUT2D eigenvalue weighted by Crippen LogP contribution is -2.46. The van der Waals surface area contributed by atoms with E-state index in [0.717, 1.165) is 56.3 Å². The molecular weight excluding hydrogens is 336 g/mol. The van der Waals surface area contributed by atoms with E-state index in [0.29, 0.717) is 12.1 Å². The van der Waals surface area contributed by atoms with Crippen molar-refractivity contribution in [2.75, 3.05) is 22.9 Å². The zero-order valence-electron chi connectivity index (χ0n) is 16.1. The van der Waals surface area contributed by atoms with Crippen LogP contribution in [-0.2, 0) is 12.8 Å². The summed E-state index contributed by atoms with van der Waals surface area (Å²) in [7, 11) is 0. The highest BCUT2D eigenvalue weighted by Gasteiger charge is 2.36. The Balaban J connectivity index is 1.28. The van der Waals surface area contributed by atoms with Gasteiger partial charge in [0.05, 0.1) is 5.69 Å². The molecule has 3 heterocycles. The fourth-order valence-electron chi connectivity index (χ4n) is 4.68. The molecule has 2 aliphatic carbocycles. The van der Waals surface area contributed by atoms with Gasteiger partial charge in [0.1, 0.15) is 12.1 Å². The Labute approximate surface area is 161 Å². The minimum atomic E-state index is 0.564. The van der Waals surface area contributed by atoms with Gasteiger partial charge in [-0.15, -0.1) is 5.10 Å². The summed E-state index contributed by atoms with van der Waals surface area (Å²) in [5, 5.41) is 9.11. The van der Waals surface area contributed by atoms with Crippen LogP contribution in [0.2, 0.25) is 0 Å². The summed E-state index contributed by atoms with van der Waals surface area (Å²) in [4.78, 5) is 13.6. The molecule has 0 aromatic carbocycles. The summed E-state index contributed by atoms with van der Waals surface area (Å²) in [5.74, 6) is 2.93. The maximum Gasteiger partial charge on any atom is 0.151 e. The number of aryl methyl sites for hydroxylation is 1. The summed E-state index contributed by atoms with van der Waals surface area (Å²) in [6.07, 6.45) is 11.9. The Hall–Kier alpha value is -2.24. The van der Waals surface area contributed by atoms with Crippen molar-refractivity contribution in [3.8, 4) is 0 Å². The van der Waals surface area contributed by atoms with Crippen molar-refractivity contribution in [1.29, 1.82) is 0 Å². The Morgan fingerprint density at radius 2 is 1.85 bits per heavy atom. The average molecular weight is 364 g/mol. The van der Waals surface area contributed by atoms with E-state index < -0.39 is 0 Å². The van der Waals surface area contributed by atoms with Crippen molar-refractivity contribution in [2.24, 2.45) is 5.92 Å². The topological polar surface area (TPSA) is 58.0 Å². The number of fused-ring (bicyclic) bond motifs is 1. The third-order valence-electron chi connectivity index (χ3n) is 6.34. The summed E-state index contributed by atoms with van der Waals surface area (Å²) in [5.41, 5.74) is 2.64. The molecule has 2 aromatic heterocycles. The van der Waals surface area contributed by atoms with Crippen LogP contribution >= 0.6 is 0 Å². The Bertz CT molecular complexity index is 783. The molecule has 5 rings (SSSR count). The molecule has 0 bridgehead atoms. The summed E-state index contributed by atoms with van der Waals surface area (Å²) in [6, 6.07) is 5.60. The van der Waals surface area contributed by atoms with Gasteiger partial charge in [0.25, 0.3) is 0 Å². The van der Waals surface area contributed by atoms with Gasteiger partial charge in [-0.2, -0.15) is 5.10 Å². The van der Waals surface area contributed by atoms with Gasteiger partial charge in [-0.1, -0.05) is 6.92 Å². The molecule has 1 aliphatic heterocycles. The highest BCUT2D eigenvalue weighted by molar-refractivity contribution is 5.45. The fourth-order valence-corrected chi connectivity index (χ4v) is 4.68. The number of hydrogen-bond acceptors (Lipinski definition) is 6. The van der Waals surface area contributed by atoms with Crippen molar-refractivity contribution < 1.29 is 0 Å².